The number of hydrogen-bond donors (Lipinski definition) is 2. The quantitative estimate of drug-likeness (QED) is 0.774. The summed E-state index contributed by atoms with van der Waals surface area (Å²) in [5.41, 5.74) is 5.79. The summed E-state index contributed by atoms with van der Waals surface area (Å²) >= 11 is 0. The summed E-state index contributed by atoms with van der Waals surface area (Å²) in [6, 6.07) is 1.44. The molecule has 0 radical (unpaired) electrons. The van der Waals surface area contributed by atoms with Crippen molar-refractivity contribution in [2.24, 2.45) is 19.8 Å². The topological polar surface area (TPSA) is 112 Å². The fourth-order valence-corrected chi connectivity index (χ4v) is 2.81. The molecule has 25 heavy (non-hydrogen) atoms. The van der Waals surface area contributed by atoms with Crippen LogP contribution in [-0.2, 0) is 14.1 Å². The van der Waals surface area contributed by atoms with E-state index in [-0.39, 0.29) is 23.3 Å². The van der Waals surface area contributed by atoms with Crippen LogP contribution in [-0.4, -0.2) is 32.6 Å². The zero-order valence-electron chi connectivity index (χ0n) is 15.1. The van der Waals surface area contributed by atoms with Crippen LogP contribution in [0, 0.1) is 6.92 Å². The van der Waals surface area contributed by atoms with Gasteiger partial charge in [-0.3, -0.25) is 18.7 Å². The average Bonchev–Trinajstić information content (AvgIpc) is 2.60. The molecular weight excluding hydrogens is 322 g/mol. The first kappa shape index (κ1) is 18.9. The van der Waals surface area contributed by atoms with Gasteiger partial charge in [-0.1, -0.05) is 19.8 Å². The number of nitrogens with two attached hydrogens (primary N) is 1. The van der Waals surface area contributed by atoms with E-state index in [0.717, 1.165) is 23.8 Å². The van der Waals surface area contributed by atoms with Crippen molar-refractivity contribution in [3.05, 3.63) is 38.2 Å². The van der Waals surface area contributed by atoms with Crippen LogP contribution in [0.5, 0.6) is 0 Å². The molecule has 136 valence electrons. The number of carbonyl (C=O) groups excluding carboxylic acids is 1. The molecule has 0 fully saturated rings. The van der Waals surface area contributed by atoms with Gasteiger partial charge in [0.05, 0.1) is 5.39 Å². The van der Waals surface area contributed by atoms with E-state index in [1.54, 1.807) is 13.0 Å². The van der Waals surface area contributed by atoms with Crippen LogP contribution in [0.1, 0.15) is 42.2 Å². The Hall–Kier alpha value is -2.48. The maximum Gasteiger partial charge on any atom is 0.332 e. The molecule has 8 heteroatoms. The molecular formula is C17H25N5O3. The molecule has 0 bridgehead atoms. The highest BCUT2D eigenvalue weighted by Crippen LogP contribution is 2.13. The van der Waals surface area contributed by atoms with E-state index < -0.39 is 11.2 Å². The van der Waals surface area contributed by atoms with Gasteiger partial charge in [-0.05, 0) is 25.0 Å². The number of amides is 1. The zero-order chi connectivity index (χ0) is 18.7. The van der Waals surface area contributed by atoms with Gasteiger partial charge in [-0.25, -0.2) is 9.78 Å². The summed E-state index contributed by atoms with van der Waals surface area (Å²) in [7, 11) is 2.95. The number of aryl methyl sites for hydroxylation is 2. The predicted octanol–water partition coefficient (Wildman–Crippen LogP) is 0.188. The Kier molecular flexibility index (Phi) is 5.73. The van der Waals surface area contributed by atoms with Gasteiger partial charge in [0, 0.05) is 26.7 Å². The minimum absolute atomic E-state index is 0.127. The minimum Gasteiger partial charge on any atom is -0.347 e. The molecule has 3 N–H and O–H groups in total. The molecule has 8 nitrogen and oxygen atoms in total. The summed E-state index contributed by atoms with van der Waals surface area (Å²) < 4.78 is 2.31. The van der Waals surface area contributed by atoms with Gasteiger partial charge in [0.15, 0.2) is 0 Å². The average molecular weight is 347 g/mol. The van der Waals surface area contributed by atoms with Crippen LogP contribution in [0.2, 0.25) is 0 Å². The smallest absolute Gasteiger partial charge is 0.332 e. The molecule has 1 atom stereocenters. The lowest BCUT2D eigenvalue weighted by Crippen LogP contribution is -2.41. The molecule has 0 spiro atoms. The van der Waals surface area contributed by atoms with E-state index in [9.17, 15) is 14.4 Å². The molecule has 0 saturated heterocycles. The summed E-state index contributed by atoms with van der Waals surface area (Å²) in [6.07, 6.45) is 2.78. The first-order chi connectivity index (χ1) is 11.8. The lowest BCUT2D eigenvalue weighted by molar-refractivity contribution is 0.0931. The van der Waals surface area contributed by atoms with Crippen LogP contribution < -0.4 is 22.3 Å². The number of pyridine rings is 1. The van der Waals surface area contributed by atoms with Crippen molar-refractivity contribution in [2.45, 2.75) is 39.2 Å². The molecule has 0 aliphatic rings. The number of carbonyl (C=O) groups is 1. The highest BCUT2D eigenvalue weighted by molar-refractivity contribution is 5.95. The molecule has 0 aliphatic heterocycles. The SMILES string of the molecule is CCCCC(CN)NC(=O)c1cc(C)c2c(=O)n(C)c(=O)n(C)c2n1. The van der Waals surface area contributed by atoms with Crippen molar-refractivity contribution in [1.29, 1.82) is 0 Å². The number of nitrogens with zero attached hydrogens (tertiary/aromatic N) is 3. The maximum atomic E-state index is 12.5. The number of fused-ring (bicyclic) bond motifs is 1. The fourth-order valence-electron chi connectivity index (χ4n) is 2.81. The van der Waals surface area contributed by atoms with Crippen LogP contribution in [0.25, 0.3) is 11.0 Å². The Bertz CT molecular complexity index is 913. The molecule has 1 amide bonds. The number of nitrogens with one attached hydrogen (secondary N) is 1. The Labute approximate surface area is 145 Å². The van der Waals surface area contributed by atoms with Crippen LogP contribution in [0.4, 0.5) is 0 Å². The van der Waals surface area contributed by atoms with E-state index in [0.29, 0.717) is 17.5 Å². The minimum atomic E-state index is -0.482. The van der Waals surface area contributed by atoms with Crippen molar-refractivity contribution in [3.63, 3.8) is 0 Å². The number of rotatable bonds is 6. The monoisotopic (exact) mass is 347 g/mol. The van der Waals surface area contributed by atoms with E-state index in [4.69, 9.17) is 5.73 Å². The molecule has 0 aliphatic carbocycles. The highest BCUT2D eigenvalue weighted by atomic mass is 16.2. The molecule has 2 aromatic rings. The molecule has 0 aromatic carbocycles. The molecule has 2 heterocycles. The number of unbranched alkanes of at least 4 members (excludes halogenated alkanes) is 1. The normalized spacial score (nSPS) is 12.4. The van der Waals surface area contributed by atoms with Crippen molar-refractivity contribution in [1.82, 2.24) is 19.4 Å². The Morgan fingerprint density at radius 2 is 2.00 bits per heavy atom. The third-order valence-electron chi connectivity index (χ3n) is 4.37. The fraction of sp³-hybridized carbons (Fsp3) is 0.529. The van der Waals surface area contributed by atoms with Gasteiger partial charge < -0.3 is 11.1 Å². The summed E-state index contributed by atoms with van der Waals surface area (Å²) in [5, 5.41) is 3.21. The van der Waals surface area contributed by atoms with Crippen molar-refractivity contribution < 1.29 is 4.79 Å². The Morgan fingerprint density at radius 3 is 2.60 bits per heavy atom. The zero-order valence-corrected chi connectivity index (χ0v) is 15.1. The standard InChI is InChI=1S/C17H25N5O3/c1-5-6-7-11(9-18)19-15(23)12-8-10(2)13-14(20-12)21(3)17(25)22(4)16(13)24/h8,11H,5-7,9,18H2,1-4H3,(H,19,23). The summed E-state index contributed by atoms with van der Waals surface area (Å²) in [5.74, 6) is -0.357. The van der Waals surface area contributed by atoms with Crippen molar-refractivity contribution in [3.8, 4) is 0 Å². The van der Waals surface area contributed by atoms with E-state index in [1.807, 2.05) is 0 Å². The second kappa shape index (κ2) is 7.60. The first-order valence-corrected chi connectivity index (χ1v) is 8.40. The highest BCUT2D eigenvalue weighted by Gasteiger charge is 2.18. The molecule has 0 saturated carbocycles. The molecule has 1 unspecified atom stereocenters. The Morgan fingerprint density at radius 1 is 1.32 bits per heavy atom. The first-order valence-electron chi connectivity index (χ1n) is 8.40. The number of hydrogen-bond acceptors (Lipinski definition) is 5. The maximum absolute atomic E-state index is 12.5. The second-order valence-electron chi connectivity index (χ2n) is 6.28. The van der Waals surface area contributed by atoms with E-state index >= 15 is 0 Å². The van der Waals surface area contributed by atoms with Gasteiger partial charge >= 0.3 is 5.69 Å². The van der Waals surface area contributed by atoms with Gasteiger partial charge in [-0.15, -0.1) is 0 Å². The van der Waals surface area contributed by atoms with Crippen LogP contribution >= 0.6 is 0 Å². The van der Waals surface area contributed by atoms with Crippen LogP contribution in [0.3, 0.4) is 0 Å². The van der Waals surface area contributed by atoms with E-state index in [2.05, 4.69) is 17.2 Å². The lowest BCUT2D eigenvalue weighted by atomic mass is 10.1. The van der Waals surface area contributed by atoms with Crippen molar-refractivity contribution >= 4 is 16.9 Å². The van der Waals surface area contributed by atoms with Gasteiger partial charge in [-0.2, -0.15) is 0 Å². The van der Waals surface area contributed by atoms with Gasteiger partial charge in [0.25, 0.3) is 11.5 Å². The van der Waals surface area contributed by atoms with Gasteiger partial charge in [0.1, 0.15) is 11.3 Å². The largest absolute Gasteiger partial charge is 0.347 e. The van der Waals surface area contributed by atoms with Gasteiger partial charge in [0.2, 0.25) is 0 Å². The summed E-state index contributed by atoms with van der Waals surface area (Å²) in [6.45, 7) is 4.15. The third-order valence-corrected chi connectivity index (χ3v) is 4.37. The van der Waals surface area contributed by atoms with Crippen molar-refractivity contribution in [2.75, 3.05) is 6.54 Å². The second-order valence-corrected chi connectivity index (χ2v) is 6.28. The number of aromatic nitrogens is 3. The third kappa shape index (κ3) is 3.63. The Balaban J connectivity index is 2.49. The molecule has 2 rings (SSSR count). The lowest BCUT2D eigenvalue weighted by Gasteiger charge is -2.17. The molecule has 2 aromatic heterocycles. The van der Waals surface area contributed by atoms with Crippen LogP contribution in [0.15, 0.2) is 15.7 Å². The summed E-state index contributed by atoms with van der Waals surface area (Å²) in [4.78, 5) is 41.2. The van der Waals surface area contributed by atoms with E-state index in [1.165, 1.54) is 18.7 Å². The predicted molar refractivity (Wildman–Crippen MR) is 96.8 cm³/mol.